The molecule has 0 amide bonds. The molecular weight excluding hydrogens is 437 g/mol. The van der Waals surface area contributed by atoms with Crippen LogP contribution in [0.1, 0.15) is 44.6 Å². The SMILES string of the molecule is O=c1c2cc(N3CCOCC3)ccc2c2cnc(NC3CC(F)C3)nc2n1C1CCC(O)CC1. The Kier molecular flexibility index (Phi) is 5.61. The summed E-state index contributed by atoms with van der Waals surface area (Å²) in [6.45, 7) is 2.95. The summed E-state index contributed by atoms with van der Waals surface area (Å²) in [6.07, 6.45) is 4.39. The Labute approximate surface area is 196 Å². The van der Waals surface area contributed by atoms with E-state index in [0.717, 1.165) is 42.4 Å². The molecule has 3 fully saturated rings. The van der Waals surface area contributed by atoms with Crippen LogP contribution in [0.3, 0.4) is 0 Å². The standard InChI is InChI=1S/C25H30FN5O3/c26-15-11-16(12-15)28-25-27-14-22-20-6-3-18(30-7-9-34-10-8-30)13-21(20)24(33)31(23(22)29-25)17-1-4-19(32)5-2-17/h3,6,13-17,19,32H,1-2,4-5,7-12H2,(H,27,28,29). The number of aromatic nitrogens is 3. The van der Waals surface area contributed by atoms with Gasteiger partial charge in [0.1, 0.15) is 11.8 Å². The van der Waals surface area contributed by atoms with E-state index in [2.05, 4.69) is 21.3 Å². The van der Waals surface area contributed by atoms with Gasteiger partial charge in [0, 0.05) is 42.4 Å². The average molecular weight is 468 g/mol. The van der Waals surface area contributed by atoms with E-state index >= 15 is 0 Å². The minimum Gasteiger partial charge on any atom is -0.393 e. The molecule has 3 heterocycles. The lowest BCUT2D eigenvalue weighted by molar-refractivity contribution is 0.111. The van der Waals surface area contributed by atoms with E-state index in [1.54, 1.807) is 6.20 Å². The fraction of sp³-hybridized carbons (Fsp3) is 0.560. The second-order valence-electron chi connectivity index (χ2n) is 9.81. The van der Waals surface area contributed by atoms with E-state index in [1.807, 2.05) is 16.7 Å². The van der Waals surface area contributed by atoms with Gasteiger partial charge in [0.25, 0.3) is 5.56 Å². The number of hydrogen-bond donors (Lipinski definition) is 2. The molecule has 2 N–H and O–H groups in total. The molecule has 3 aliphatic rings. The molecule has 2 aliphatic carbocycles. The quantitative estimate of drug-likeness (QED) is 0.570. The number of rotatable bonds is 4. The lowest BCUT2D eigenvalue weighted by Crippen LogP contribution is -2.37. The molecule has 1 aliphatic heterocycles. The normalized spacial score (nSPS) is 27.6. The van der Waals surface area contributed by atoms with E-state index in [4.69, 9.17) is 9.72 Å². The molecule has 0 spiro atoms. The summed E-state index contributed by atoms with van der Waals surface area (Å²) in [4.78, 5) is 25.5. The summed E-state index contributed by atoms with van der Waals surface area (Å²) in [5.74, 6) is 0.428. The molecular formula is C25H30FN5O3. The molecule has 0 unspecified atom stereocenters. The smallest absolute Gasteiger partial charge is 0.260 e. The van der Waals surface area contributed by atoms with Gasteiger partial charge in [-0.15, -0.1) is 0 Å². The molecule has 0 atom stereocenters. The highest BCUT2D eigenvalue weighted by atomic mass is 19.1. The Morgan fingerprint density at radius 1 is 1.06 bits per heavy atom. The van der Waals surface area contributed by atoms with Crippen molar-refractivity contribution in [3.8, 4) is 0 Å². The number of pyridine rings is 1. The summed E-state index contributed by atoms with van der Waals surface area (Å²) in [6, 6.07) is 6.02. The zero-order valence-electron chi connectivity index (χ0n) is 19.1. The van der Waals surface area contributed by atoms with Gasteiger partial charge in [-0.3, -0.25) is 9.36 Å². The van der Waals surface area contributed by atoms with Crippen molar-refractivity contribution in [2.45, 2.75) is 62.9 Å². The van der Waals surface area contributed by atoms with Crippen LogP contribution in [0.5, 0.6) is 0 Å². The fourth-order valence-corrected chi connectivity index (χ4v) is 5.51. The zero-order chi connectivity index (χ0) is 23.2. The highest BCUT2D eigenvalue weighted by Crippen LogP contribution is 2.33. The second-order valence-corrected chi connectivity index (χ2v) is 9.81. The Bertz CT molecular complexity index is 1260. The molecule has 34 heavy (non-hydrogen) atoms. The van der Waals surface area contributed by atoms with Gasteiger partial charge in [-0.05, 0) is 56.0 Å². The van der Waals surface area contributed by atoms with Gasteiger partial charge >= 0.3 is 0 Å². The summed E-state index contributed by atoms with van der Waals surface area (Å²) in [5.41, 5.74) is 1.56. The molecule has 3 aromatic rings. The topological polar surface area (TPSA) is 92.5 Å². The third kappa shape index (κ3) is 3.90. The molecule has 1 aromatic carbocycles. The first kappa shape index (κ1) is 21.7. The van der Waals surface area contributed by atoms with Gasteiger partial charge in [0.2, 0.25) is 5.95 Å². The van der Waals surface area contributed by atoms with Crippen molar-refractivity contribution < 1.29 is 14.2 Å². The maximum absolute atomic E-state index is 13.9. The Balaban J connectivity index is 1.49. The fourth-order valence-electron chi connectivity index (χ4n) is 5.51. The maximum Gasteiger partial charge on any atom is 0.260 e. The van der Waals surface area contributed by atoms with Crippen molar-refractivity contribution in [2.24, 2.45) is 0 Å². The van der Waals surface area contributed by atoms with Crippen LogP contribution in [0.25, 0.3) is 21.8 Å². The van der Waals surface area contributed by atoms with Crippen LogP contribution in [-0.4, -0.2) is 64.3 Å². The van der Waals surface area contributed by atoms with Crippen LogP contribution >= 0.6 is 0 Å². The number of aliphatic hydroxyl groups is 1. The molecule has 6 rings (SSSR count). The Hall–Kier alpha value is -2.78. The van der Waals surface area contributed by atoms with Crippen molar-refractivity contribution >= 4 is 33.4 Å². The predicted octanol–water partition coefficient (Wildman–Crippen LogP) is 3.17. The number of nitrogens with one attached hydrogen (secondary N) is 1. The summed E-state index contributed by atoms with van der Waals surface area (Å²) in [5, 5.41) is 15.6. The predicted molar refractivity (Wildman–Crippen MR) is 129 cm³/mol. The van der Waals surface area contributed by atoms with E-state index < -0.39 is 6.17 Å². The van der Waals surface area contributed by atoms with Crippen LogP contribution in [0.15, 0.2) is 29.2 Å². The number of nitrogens with zero attached hydrogens (tertiary/aromatic N) is 4. The number of fused-ring (bicyclic) bond motifs is 3. The minimum absolute atomic E-state index is 0.0222. The van der Waals surface area contributed by atoms with Crippen molar-refractivity contribution in [1.82, 2.24) is 14.5 Å². The van der Waals surface area contributed by atoms with Crippen LogP contribution in [0.4, 0.5) is 16.0 Å². The Morgan fingerprint density at radius 3 is 2.56 bits per heavy atom. The van der Waals surface area contributed by atoms with Crippen LogP contribution in [0.2, 0.25) is 0 Å². The van der Waals surface area contributed by atoms with Gasteiger partial charge in [0.05, 0.1) is 24.7 Å². The van der Waals surface area contributed by atoms with Crippen molar-refractivity contribution in [3.05, 3.63) is 34.7 Å². The number of aliphatic hydroxyl groups excluding tert-OH is 1. The van der Waals surface area contributed by atoms with Gasteiger partial charge < -0.3 is 20.1 Å². The third-order valence-electron chi connectivity index (χ3n) is 7.56. The van der Waals surface area contributed by atoms with Crippen molar-refractivity contribution in [3.63, 3.8) is 0 Å². The van der Waals surface area contributed by atoms with E-state index in [0.29, 0.717) is 55.9 Å². The van der Waals surface area contributed by atoms with Crippen molar-refractivity contribution in [1.29, 1.82) is 0 Å². The average Bonchev–Trinajstić information content (AvgIpc) is 2.84. The zero-order valence-corrected chi connectivity index (χ0v) is 19.1. The molecule has 180 valence electrons. The van der Waals surface area contributed by atoms with Gasteiger partial charge in [0.15, 0.2) is 0 Å². The molecule has 0 bridgehead atoms. The van der Waals surface area contributed by atoms with E-state index in [9.17, 15) is 14.3 Å². The van der Waals surface area contributed by atoms with Crippen LogP contribution < -0.4 is 15.8 Å². The number of alkyl halides is 1. The number of anilines is 2. The monoisotopic (exact) mass is 467 g/mol. The maximum atomic E-state index is 13.9. The van der Waals surface area contributed by atoms with Gasteiger partial charge in [-0.25, -0.2) is 9.37 Å². The molecule has 2 saturated carbocycles. The highest BCUT2D eigenvalue weighted by Gasteiger charge is 2.30. The number of morpholine rings is 1. The molecule has 8 nitrogen and oxygen atoms in total. The summed E-state index contributed by atoms with van der Waals surface area (Å²) >= 11 is 0. The number of benzene rings is 1. The first-order chi connectivity index (χ1) is 16.6. The summed E-state index contributed by atoms with van der Waals surface area (Å²) < 4.78 is 20.6. The van der Waals surface area contributed by atoms with Gasteiger partial charge in [-0.2, -0.15) is 4.98 Å². The van der Waals surface area contributed by atoms with Crippen LogP contribution in [0, 0.1) is 0 Å². The Morgan fingerprint density at radius 2 is 1.82 bits per heavy atom. The molecule has 9 heteroatoms. The largest absolute Gasteiger partial charge is 0.393 e. The first-order valence-corrected chi connectivity index (χ1v) is 12.3. The molecule has 1 saturated heterocycles. The van der Waals surface area contributed by atoms with E-state index in [1.165, 1.54) is 0 Å². The number of ether oxygens (including phenoxy) is 1. The lowest BCUT2D eigenvalue weighted by atomic mass is 9.91. The van der Waals surface area contributed by atoms with Gasteiger partial charge in [-0.1, -0.05) is 6.07 Å². The third-order valence-corrected chi connectivity index (χ3v) is 7.56. The lowest BCUT2D eigenvalue weighted by Gasteiger charge is -2.31. The number of hydrogen-bond acceptors (Lipinski definition) is 7. The van der Waals surface area contributed by atoms with E-state index in [-0.39, 0.29) is 23.7 Å². The summed E-state index contributed by atoms with van der Waals surface area (Å²) in [7, 11) is 0. The first-order valence-electron chi connectivity index (χ1n) is 12.3. The number of halogens is 1. The molecule has 2 aromatic heterocycles. The van der Waals surface area contributed by atoms with Crippen molar-refractivity contribution in [2.75, 3.05) is 36.5 Å². The second kappa shape index (κ2) is 8.78. The highest BCUT2D eigenvalue weighted by molar-refractivity contribution is 6.05. The minimum atomic E-state index is -0.769. The van der Waals surface area contributed by atoms with Crippen LogP contribution in [-0.2, 0) is 4.74 Å². The molecule has 0 radical (unpaired) electrons.